The van der Waals surface area contributed by atoms with Crippen molar-refractivity contribution in [1.82, 2.24) is 10.2 Å². The highest BCUT2D eigenvalue weighted by Gasteiger charge is 2.47. The van der Waals surface area contributed by atoms with Crippen LogP contribution in [0.4, 0.5) is 0 Å². The van der Waals surface area contributed by atoms with Crippen LogP contribution in [0.1, 0.15) is 46.0 Å². The van der Waals surface area contributed by atoms with E-state index in [0.29, 0.717) is 12.1 Å². The molecule has 1 saturated carbocycles. The molecule has 0 spiro atoms. The van der Waals surface area contributed by atoms with Crippen LogP contribution in [0, 0.1) is 12.3 Å². The standard InChI is InChI=1S/C18H26N2.C2H2O4/c1-4-18(12-8-5-9-13-18)20-14-17(2,3)19-15-10-6-7-11-16(15)20;3-1(4)2(5)6/h1,5,8-9,12,15-16,19H,6-7,10-11,13-14H2,2-3H3;(H,3,4)(H,5,6)/t15-,16-,18?;/m0./s1. The summed E-state index contributed by atoms with van der Waals surface area (Å²) < 4.78 is 0. The molecule has 1 saturated heterocycles. The van der Waals surface area contributed by atoms with Crippen molar-refractivity contribution in [3.05, 3.63) is 24.3 Å². The zero-order valence-electron chi connectivity index (χ0n) is 15.4. The third-order valence-corrected chi connectivity index (χ3v) is 5.27. The molecule has 0 amide bonds. The molecule has 0 radical (unpaired) electrons. The van der Waals surface area contributed by atoms with Gasteiger partial charge in [0.05, 0.1) is 0 Å². The van der Waals surface area contributed by atoms with Crippen LogP contribution in [0.15, 0.2) is 24.3 Å². The average molecular weight is 360 g/mol. The van der Waals surface area contributed by atoms with Gasteiger partial charge in [0.2, 0.25) is 0 Å². The normalized spacial score (nSPS) is 32.5. The van der Waals surface area contributed by atoms with Crippen molar-refractivity contribution >= 4 is 11.9 Å². The molecule has 3 atom stereocenters. The number of piperazine rings is 1. The van der Waals surface area contributed by atoms with Crippen molar-refractivity contribution in [3.63, 3.8) is 0 Å². The Morgan fingerprint density at radius 2 is 1.85 bits per heavy atom. The highest BCUT2D eigenvalue weighted by Crippen LogP contribution is 2.37. The van der Waals surface area contributed by atoms with Crippen LogP contribution in [0.25, 0.3) is 0 Å². The monoisotopic (exact) mass is 360 g/mol. The Bertz CT molecular complexity index is 635. The minimum absolute atomic E-state index is 0.136. The molecule has 0 bridgehead atoms. The number of fused-ring (bicyclic) bond motifs is 1. The predicted molar refractivity (Wildman–Crippen MR) is 99.7 cm³/mol. The SMILES string of the molecule is C#CC1(N2CC(C)(C)N[C@H]3CCCC[C@@H]32)C=CC=CC1.O=C(O)C(=O)O. The second-order valence-corrected chi connectivity index (χ2v) is 7.78. The number of carboxylic acid groups (broad SMARTS) is 2. The van der Waals surface area contributed by atoms with Crippen LogP contribution in [0.3, 0.4) is 0 Å². The molecule has 0 aromatic heterocycles. The lowest BCUT2D eigenvalue weighted by molar-refractivity contribution is -0.159. The molecule has 1 heterocycles. The summed E-state index contributed by atoms with van der Waals surface area (Å²) in [7, 11) is 0. The maximum Gasteiger partial charge on any atom is 0.414 e. The van der Waals surface area contributed by atoms with Gasteiger partial charge >= 0.3 is 11.9 Å². The Kier molecular flexibility index (Phi) is 6.27. The lowest BCUT2D eigenvalue weighted by atomic mass is 9.78. The van der Waals surface area contributed by atoms with Gasteiger partial charge in [0.15, 0.2) is 0 Å². The number of terminal acetylenes is 1. The second kappa shape index (κ2) is 8.07. The number of rotatable bonds is 1. The smallest absolute Gasteiger partial charge is 0.414 e. The summed E-state index contributed by atoms with van der Waals surface area (Å²) in [5.41, 5.74) is -0.0776. The van der Waals surface area contributed by atoms with Crippen LogP contribution >= 0.6 is 0 Å². The average Bonchev–Trinajstić information content (AvgIpc) is 2.61. The van der Waals surface area contributed by atoms with Crippen LogP contribution in [-0.4, -0.2) is 56.8 Å². The zero-order valence-corrected chi connectivity index (χ0v) is 15.4. The molecule has 0 aromatic rings. The molecule has 1 aliphatic heterocycles. The van der Waals surface area contributed by atoms with Crippen LogP contribution in [-0.2, 0) is 9.59 Å². The Balaban J connectivity index is 0.000000352. The number of hydrogen-bond acceptors (Lipinski definition) is 4. The van der Waals surface area contributed by atoms with E-state index in [1.54, 1.807) is 0 Å². The number of nitrogens with one attached hydrogen (secondary N) is 1. The highest BCUT2D eigenvalue weighted by molar-refractivity contribution is 6.27. The summed E-state index contributed by atoms with van der Waals surface area (Å²) in [6, 6.07) is 1.18. The van der Waals surface area contributed by atoms with Crippen molar-refractivity contribution < 1.29 is 19.8 Å². The number of hydrogen-bond donors (Lipinski definition) is 3. The Labute approximate surface area is 155 Å². The van der Waals surface area contributed by atoms with E-state index in [-0.39, 0.29) is 11.1 Å². The van der Waals surface area contributed by atoms with E-state index in [9.17, 15) is 0 Å². The summed E-state index contributed by atoms with van der Waals surface area (Å²) in [6.45, 7) is 5.63. The fourth-order valence-corrected chi connectivity index (χ4v) is 4.19. The summed E-state index contributed by atoms with van der Waals surface area (Å²) in [6.07, 6.45) is 20.8. The fourth-order valence-electron chi connectivity index (χ4n) is 4.19. The molecule has 2 fully saturated rings. The first-order valence-electron chi connectivity index (χ1n) is 9.03. The summed E-state index contributed by atoms with van der Waals surface area (Å²) in [5, 5.41) is 18.6. The third-order valence-electron chi connectivity index (χ3n) is 5.27. The van der Waals surface area contributed by atoms with Crippen molar-refractivity contribution in [2.45, 2.75) is 69.1 Å². The molecule has 0 aromatic carbocycles. The third kappa shape index (κ3) is 4.54. The van der Waals surface area contributed by atoms with E-state index >= 15 is 0 Å². The van der Waals surface area contributed by atoms with Crippen LogP contribution in [0.2, 0.25) is 0 Å². The molecule has 3 rings (SSSR count). The maximum atomic E-state index is 9.10. The minimum Gasteiger partial charge on any atom is -0.473 e. The van der Waals surface area contributed by atoms with Crippen LogP contribution in [0.5, 0.6) is 0 Å². The van der Waals surface area contributed by atoms with E-state index in [0.717, 1.165) is 13.0 Å². The van der Waals surface area contributed by atoms with E-state index in [1.165, 1.54) is 25.7 Å². The Morgan fingerprint density at radius 1 is 1.19 bits per heavy atom. The van der Waals surface area contributed by atoms with E-state index in [4.69, 9.17) is 26.2 Å². The molecule has 26 heavy (non-hydrogen) atoms. The highest BCUT2D eigenvalue weighted by atomic mass is 16.4. The van der Waals surface area contributed by atoms with Gasteiger partial charge in [0.25, 0.3) is 0 Å². The molecular weight excluding hydrogens is 332 g/mol. The van der Waals surface area contributed by atoms with Gasteiger partial charge in [-0.05, 0) is 33.1 Å². The van der Waals surface area contributed by atoms with Crippen molar-refractivity contribution in [2.75, 3.05) is 6.54 Å². The lowest BCUT2D eigenvalue weighted by Crippen LogP contribution is -2.71. The van der Waals surface area contributed by atoms with E-state index in [1.807, 2.05) is 0 Å². The van der Waals surface area contributed by atoms with Gasteiger partial charge in [-0.15, -0.1) is 6.42 Å². The number of carbonyl (C=O) groups is 2. The molecule has 1 unspecified atom stereocenters. The van der Waals surface area contributed by atoms with Gasteiger partial charge in [0.1, 0.15) is 5.54 Å². The molecule has 3 N–H and O–H groups in total. The molecular formula is C20H28N2O4. The summed E-state index contributed by atoms with van der Waals surface area (Å²) >= 11 is 0. The fraction of sp³-hybridized carbons (Fsp3) is 0.600. The van der Waals surface area contributed by atoms with Gasteiger partial charge in [-0.2, -0.15) is 0 Å². The Morgan fingerprint density at radius 3 is 2.38 bits per heavy atom. The van der Waals surface area contributed by atoms with E-state index in [2.05, 4.69) is 54.3 Å². The zero-order chi connectivity index (χ0) is 19.4. The first kappa shape index (κ1) is 20.2. The summed E-state index contributed by atoms with van der Waals surface area (Å²) in [4.78, 5) is 20.8. The van der Waals surface area contributed by atoms with Gasteiger partial charge < -0.3 is 15.5 Å². The number of allylic oxidation sites excluding steroid dienone is 2. The van der Waals surface area contributed by atoms with Crippen LogP contribution < -0.4 is 5.32 Å². The maximum absolute atomic E-state index is 9.10. The Hall–Kier alpha value is -2.10. The van der Waals surface area contributed by atoms with Gasteiger partial charge in [-0.3, -0.25) is 4.90 Å². The van der Waals surface area contributed by atoms with Crippen molar-refractivity contribution in [1.29, 1.82) is 0 Å². The van der Waals surface area contributed by atoms with E-state index < -0.39 is 11.9 Å². The van der Waals surface area contributed by atoms with Gasteiger partial charge in [-0.25, -0.2) is 9.59 Å². The molecule has 3 aliphatic rings. The largest absolute Gasteiger partial charge is 0.473 e. The second-order valence-electron chi connectivity index (χ2n) is 7.78. The molecule has 2 aliphatic carbocycles. The molecule has 6 nitrogen and oxygen atoms in total. The summed E-state index contributed by atoms with van der Waals surface area (Å²) in [5.74, 6) is -0.530. The lowest BCUT2D eigenvalue weighted by Gasteiger charge is -2.56. The van der Waals surface area contributed by atoms with Crippen molar-refractivity contribution in [3.8, 4) is 12.3 Å². The number of nitrogens with zero attached hydrogens (tertiary/aromatic N) is 1. The predicted octanol–water partition coefficient (Wildman–Crippen LogP) is 2.03. The topological polar surface area (TPSA) is 89.9 Å². The minimum atomic E-state index is -1.82. The van der Waals surface area contributed by atoms with Gasteiger partial charge in [-0.1, -0.05) is 43.1 Å². The first-order chi connectivity index (χ1) is 12.2. The number of aliphatic carboxylic acids is 2. The van der Waals surface area contributed by atoms with Gasteiger partial charge in [0, 0.05) is 24.2 Å². The van der Waals surface area contributed by atoms with Crippen molar-refractivity contribution in [2.24, 2.45) is 0 Å². The number of carboxylic acids is 2. The quantitative estimate of drug-likeness (QED) is 0.490. The first-order valence-corrected chi connectivity index (χ1v) is 9.03. The molecule has 142 valence electrons. The molecule has 6 heteroatoms.